The Bertz CT molecular complexity index is 446. The highest BCUT2D eigenvalue weighted by Gasteiger charge is 2.42. The van der Waals surface area contributed by atoms with Crippen molar-refractivity contribution in [3.63, 3.8) is 0 Å². The lowest BCUT2D eigenvalue weighted by molar-refractivity contribution is -0.142. The third kappa shape index (κ3) is 1.69. The molecule has 1 aromatic rings. The monoisotopic (exact) mass is 233 g/mol. The van der Waals surface area contributed by atoms with Gasteiger partial charge in [-0.3, -0.25) is 4.79 Å². The van der Waals surface area contributed by atoms with Gasteiger partial charge in [0, 0.05) is 24.3 Å². The van der Waals surface area contributed by atoms with Gasteiger partial charge >= 0.3 is 5.97 Å². The van der Waals surface area contributed by atoms with E-state index in [1.54, 1.807) is 0 Å². The lowest BCUT2D eigenvalue weighted by Crippen LogP contribution is -2.46. The molecule has 4 heteroatoms. The van der Waals surface area contributed by atoms with E-state index in [1.165, 1.54) is 0 Å². The van der Waals surface area contributed by atoms with Gasteiger partial charge < -0.3 is 15.2 Å². The van der Waals surface area contributed by atoms with Gasteiger partial charge in [0.25, 0.3) is 0 Å². The summed E-state index contributed by atoms with van der Waals surface area (Å²) in [6, 6.07) is 7.90. The SMILES string of the molecule is O=C(O)C1c2ccccc2NC2CCOCC21. The zero-order valence-corrected chi connectivity index (χ0v) is 9.43. The van der Waals surface area contributed by atoms with E-state index in [2.05, 4.69) is 5.32 Å². The van der Waals surface area contributed by atoms with E-state index in [1.807, 2.05) is 24.3 Å². The molecule has 2 aliphatic heterocycles. The summed E-state index contributed by atoms with van der Waals surface area (Å²) < 4.78 is 5.43. The van der Waals surface area contributed by atoms with Crippen LogP contribution in [0, 0.1) is 5.92 Å². The summed E-state index contributed by atoms with van der Waals surface area (Å²) >= 11 is 0. The van der Waals surface area contributed by atoms with Crippen LogP contribution >= 0.6 is 0 Å². The largest absolute Gasteiger partial charge is 0.481 e. The smallest absolute Gasteiger partial charge is 0.311 e. The molecular formula is C13H15NO3. The minimum absolute atomic E-state index is 0.0381. The van der Waals surface area contributed by atoms with Crippen molar-refractivity contribution >= 4 is 11.7 Å². The normalized spacial score (nSPS) is 30.9. The van der Waals surface area contributed by atoms with Crippen LogP contribution in [-0.2, 0) is 9.53 Å². The quantitative estimate of drug-likeness (QED) is 0.775. The maximum Gasteiger partial charge on any atom is 0.311 e. The highest BCUT2D eigenvalue weighted by Crippen LogP contribution is 2.40. The molecule has 0 saturated carbocycles. The van der Waals surface area contributed by atoms with E-state index < -0.39 is 11.9 Å². The van der Waals surface area contributed by atoms with Crippen molar-refractivity contribution in [1.82, 2.24) is 0 Å². The summed E-state index contributed by atoms with van der Waals surface area (Å²) in [7, 11) is 0. The minimum atomic E-state index is -0.751. The molecule has 1 fully saturated rings. The number of carboxylic acids is 1. The van der Waals surface area contributed by atoms with Gasteiger partial charge in [0.05, 0.1) is 12.5 Å². The van der Waals surface area contributed by atoms with Crippen molar-refractivity contribution in [1.29, 1.82) is 0 Å². The fourth-order valence-corrected chi connectivity index (χ4v) is 2.91. The Kier molecular flexibility index (Phi) is 2.52. The van der Waals surface area contributed by atoms with Crippen molar-refractivity contribution in [3.05, 3.63) is 29.8 Å². The van der Waals surface area contributed by atoms with Gasteiger partial charge in [0.15, 0.2) is 0 Å². The molecule has 90 valence electrons. The Hall–Kier alpha value is -1.55. The number of rotatable bonds is 1. The maximum absolute atomic E-state index is 11.5. The number of hydrogen-bond acceptors (Lipinski definition) is 3. The van der Waals surface area contributed by atoms with Crippen LogP contribution < -0.4 is 5.32 Å². The predicted octanol–water partition coefficient (Wildman–Crippen LogP) is 1.69. The molecule has 17 heavy (non-hydrogen) atoms. The summed E-state index contributed by atoms with van der Waals surface area (Å²) in [5.74, 6) is -1.16. The second-order valence-corrected chi connectivity index (χ2v) is 4.68. The zero-order valence-electron chi connectivity index (χ0n) is 9.43. The summed E-state index contributed by atoms with van der Waals surface area (Å²) in [4.78, 5) is 11.5. The number of aliphatic carboxylic acids is 1. The van der Waals surface area contributed by atoms with Crippen molar-refractivity contribution in [2.24, 2.45) is 5.92 Å². The van der Waals surface area contributed by atoms with E-state index >= 15 is 0 Å². The summed E-state index contributed by atoms with van der Waals surface area (Å²) in [5.41, 5.74) is 1.84. The van der Waals surface area contributed by atoms with Crippen molar-refractivity contribution in [2.75, 3.05) is 18.5 Å². The number of fused-ring (bicyclic) bond motifs is 2. The molecule has 4 nitrogen and oxygen atoms in total. The molecular weight excluding hydrogens is 218 g/mol. The molecule has 2 heterocycles. The lowest BCUT2D eigenvalue weighted by Gasteiger charge is -2.41. The Labute approximate surface area is 99.6 Å². The van der Waals surface area contributed by atoms with Crippen LogP contribution in [0.1, 0.15) is 17.9 Å². The second kappa shape index (κ2) is 4.04. The van der Waals surface area contributed by atoms with E-state index in [0.717, 1.165) is 17.7 Å². The molecule has 1 saturated heterocycles. The Morgan fingerprint density at radius 2 is 2.24 bits per heavy atom. The van der Waals surface area contributed by atoms with Gasteiger partial charge in [-0.1, -0.05) is 18.2 Å². The average molecular weight is 233 g/mol. The number of hydrogen-bond donors (Lipinski definition) is 2. The number of para-hydroxylation sites is 1. The van der Waals surface area contributed by atoms with E-state index in [4.69, 9.17) is 4.74 Å². The molecule has 0 radical (unpaired) electrons. The number of nitrogens with one attached hydrogen (secondary N) is 1. The highest BCUT2D eigenvalue weighted by molar-refractivity contribution is 5.81. The highest BCUT2D eigenvalue weighted by atomic mass is 16.5. The van der Waals surface area contributed by atoms with Crippen LogP contribution in [0.5, 0.6) is 0 Å². The first-order valence-electron chi connectivity index (χ1n) is 5.93. The lowest BCUT2D eigenvalue weighted by atomic mass is 9.76. The third-order valence-corrected chi connectivity index (χ3v) is 3.73. The second-order valence-electron chi connectivity index (χ2n) is 4.68. The van der Waals surface area contributed by atoms with Gasteiger partial charge in [-0.25, -0.2) is 0 Å². The van der Waals surface area contributed by atoms with E-state index in [-0.39, 0.29) is 12.0 Å². The van der Waals surface area contributed by atoms with Gasteiger partial charge in [-0.15, -0.1) is 0 Å². The molecule has 0 spiro atoms. The van der Waals surface area contributed by atoms with Crippen LogP contribution in [-0.4, -0.2) is 30.3 Å². The molecule has 1 aromatic carbocycles. The number of carbonyl (C=O) groups is 1. The standard InChI is InChI=1S/C13H15NO3/c15-13(16)12-8-3-1-2-4-10(8)14-11-5-6-17-7-9(11)12/h1-4,9,11-12,14H,5-7H2,(H,15,16). The van der Waals surface area contributed by atoms with Crippen LogP contribution in [0.3, 0.4) is 0 Å². The van der Waals surface area contributed by atoms with Gasteiger partial charge in [0.1, 0.15) is 0 Å². The number of ether oxygens (including phenoxy) is 1. The molecule has 2 N–H and O–H groups in total. The number of anilines is 1. The average Bonchev–Trinajstić information content (AvgIpc) is 2.35. The first-order valence-corrected chi connectivity index (χ1v) is 5.93. The van der Waals surface area contributed by atoms with E-state index in [9.17, 15) is 9.90 Å². The summed E-state index contributed by atoms with van der Waals surface area (Å²) in [6.07, 6.45) is 0.878. The molecule has 0 amide bonds. The van der Waals surface area contributed by atoms with Crippen molar-refractivity contribution in [2.45, 2.75) is 18.4 Å². The van der Waals surface area contributed by atoms with Crippen LogP contribution in [0.25, 0.3) is 0 Å². The molecule has 0 aromatic heterocycles. The first kappa shape index (κ1) is 10.6. The van der Waals surface area contributed by atoms with Crippen molar-refractivity contribution in [3.8, 4) is 0 Å². The minimum Gasteiger partial charge on any atom is -0.481 e. The molecule has 3 unspecified atom stereocenters. The molecule has 3 atom stereocenters. The maximum atomic E-state index is 11.5. The van der Waals surface area contributed by atoms with Crippen LogP contribution in [0.2, 0.25) is 0 Å². The fraction of sp³-hybridized carbons (Fsp3) is 0.462. The van der Waals surface area contributed by atoms with Crippen LogP contribution in [0.4, 0.5) is 5.69 Å². The predicted molar refractivity (Wildman–Crippen MR) is 63.2 cm³/mol. The van der Waals surface area contributed by atoms with E-state index in [0.29, 0.717) is 13.2 Å². The zero-order chi connectivity index (χ0) is 11.8. The first-order chi connectivity index (χ1) is 8.27. The Balaban J connectivity index is 2.05. The van der Waals surface area contributed by atoms with Crippen LogP contribution in [0.15, 0.2) is 24.3 Å². The van der Waals surface area contributed by atoms with Gasteiger partial charge in [-0.05, 0) is 18.1 Å². The third-order valence-electron chi connectivity index (χ3n) is 3.73. The van der Waals surface area contributed by atoms with Crippen molar-refractivity contribution < 1.29 is 14.6 Å². The number of benzene rings is 1. The summed E-state index contributed by atoms with van der Waals surface area (Å²) in [6.45, 7) is 1.24. The Morgan fingerprint density at radius 3 is 3.06 bits per heavy atom. The fourth-order valence-electron chi connectivity index (χ4n) is 2.91. The molecule has 2 aliphatic rings. The molecule has 3 rings (SSSR count). The van der Waals surface area contributed by atoms with Gasteiger partial charge in [-0.2, -0.15) is 0 Å². The Morgan fingerprint density at radius 1 is 1.41 bits per heavy atom. The molecule has 0 bridgehead atoms. The summed E-state index contributed by atoms with van der Waals surface area (Å²) in [5, 5.41) is 12.9. The molecule has 0 aliphatic carbocycles. The number of carboxylic acid groups (broad SMARTS) is 1. The van der Waals surface area contributed by atoms with Gasteiger partial charge in [0.2, 0.25) is 0 Å². The topological polar surface area (TPSA) is 58.6 Å².